The summed E-state index contributed by atoms with van der Waals surface area (Å²) in [5.74, 6) is 2.86. The molecule has 1 heterocycles. The van der Waals surface area contributed by atoms with E-state index in [1.165, 1.54) is 0 Å². The predicted molar refractivity (Wildman–Crippen MR) is 93.7 cm³/mol. The van der Waals surface area contributed by atoms with Gasteiger partial charge in [-0.05, 0) is 26.0 Å². The molecule has 0 spiro atoms. The van der Waals surface area contributed by atoms with Crippen LogP contribution in [0.15, 0.2) is 29.5 Å². The highest BCUT2D eigenvalue weighted by Gasteiger charge is 2.08. The van der Waals surface area contributed by atoms with E-state index >= 15 is 0 Å². The summed E-state index contributed by atoms with van der Waals surface area (Å²) >= 11 is 0. The molecule has 0 atom stereocenters. The molecule has 2 aromatic rings. The number of aliphatic imine (C=N–C) groups is 1. The number of benzene rings is 1. The maximum Gasteiger partial charge on any atom is 0.195 e. The highest BCUT2D eigenvalue weighted by molar-refractivity contribution is 5.93. The van der Waals surface area contributed by atoms with Gasteiger partial charge in [0.15, 0.2) is 23.3 Å². The third-order valence-electron chi connectivity index (χ3n) is 3.40. The second kappa shape index (κ2) is 8.76. The van der Waals surface area contributed by atoms with E-state index in [0.717, 1.165) is 18.1 Å². The summed E-state index contributed by atoms with van der Waals surface area (Å²) in [7, 11) is 3.33. The van der Waals surface area contributed by atoms with E-state index in [1.54, 1.807) is 20.5 Å². The van der Waals surface area contributed by atoms with Gasteiger partial charge in [0.05, 0.1) is 20.3 Å². The number of nitrogens with one attached hydrogen (secondary N) is 2. The minimum atomic E-state index is 0.529. The lowest BCUT2D eigenvalue weighted by atomic mass is 10.2. The molecular formula is C16H24N6O2. The van der Waals surface area contributed by atoms with E-state index in [2.05, 4.69) is 25.8 Å². The van der Waals surface area contributed by atoms with Gasteiger partial charge in [-0.25, -0.2) is 0 Å². The quantitative estimate of drug-likeness (QED) is 0.595. The summed E-state index contributed by atoms with van der Waals surface area (Å²) < 4.78 is 12.8. The number of hydrogen-bond donors (Lipinski definition) is 2. The molecule has 0 aliphatic heterocycles. The molecule has 130 valence electrons. The van der Waals surface area contributed by atoms with Gasteiger partial charge < -0.3 is 24.7 Å². The maximum atomic E-state index is 5.52. The van der Waals surface area contributed by atoms with Gasteiger partial charge in [-0.3, -0.25) is 4.99 Å². The molecule has 0 aliphatic carbocycles. The Balaban J connectivity index is 2.02. The molecular weight excluding hydrogens is 308 g/mol. The first-order valence-electron chi connectivity index (χ1n) is 7.87. The minimum Gasteiger partial charge on any atom is -0.493 e. The molecule has 8 nitrogen and oxygen atoms in total. The minimum absolute atomic E-state index is 0.529. The van der Waals surface area contributed by atoms with E-state index in [-0.39, 0.29) is 0 Å². The molecule has 1 aromatic heterocycles. The Kier molecular flexibility index (Phi) is 6.41. The van der Waals surface area contributed by atoms with E-state index < -0.39 is 0 Å². The number of nitrogens with zero attached hydrogens (tertiary/aromatic N) is 4. The molecule has 24 heavy (non-hydrogen) atoms. The fourth-order valence-electron chi connectivity index (χ4n) is 2.18. The third-order valence-corrected chi connectivity index (χ3v) is 3.40. The van der Waals surface area contributed by atoms with Crippen LogP contribution in [0.25, 0.3) is 0 Å². The summed E-state index contributed by atoms with van der Waals surface area (Å²) in [5, 5.41) is 14.4. The molecule has 0 radical (unpaired) electrons. The third kappa shape index (κ3) is 4.37. The zero-order valence-corrected chi connectivity index (χ0v) is 14.5. The highest BCUT2D eigenvalue weighted by Crippen LogP contribution is 2.30. The Hall–Kier alpha value is -2.77. The lowest BCUT2D eigenvalue weighted by Crippen LogP contribution is -2.31. The number of ether oxygens (including phenoxy) is 2. The topological polar surface area (TPSA) is 85.6 Å². The summed E-state index contributed by atoms with van der Waals surface area (Å²) in [5.41, 5.74) is 0.848. The first-order chi connectivity index (χ1) is 11.7. The van der Waals surface area contributed by atoms with Crippen LogP contribution in [0.2, 0.25) is 0 Å². The van der Waals surface area contributed by atoms with Gasteiger partial charge in [-0.1, -0.05) is 0 Å². The Labute approximate surface area is 141 Å². The van der Waals surface area contributed by atoms with Gasteiger partial charge in [0.1, 0.15) is 6.33 Å². The molecule has 0 amide bonds. The summed E-state index contributed by atoms with van der Waals surface area (Å²) in [6.45, 7) is 5.93. The van der Waals surface area contributed by atoms with Crippen LogP contribution >= 0.6 is 0 Å². The summed E-state index contributed by atoms with van der Waals surface area (Å²) in [6.07, 6.45) is 1.71. The predicted octanol–water partition coefficient (Wildman–Crippen LogP) is 1.89. The molecule has 2 N–H and O–H groups in total. The van der Waals surface area contributed by atoms with E-state index in [4.69, 9.17) is 9.47 Å². The van der Waals surface area contributed by atoms with Crippen LogP contribution in [-0.4, -0.2) is 41.5 Å². The molecule has 1 aromatic carbocycles. The number of aromatic nitrogens is 3. The number of rotatable bonds is 7. The molecule has 0 saturated carbocycles. The van der Waals surface area contributed by atoms with Crippen LogP contribution in [0.1, 0.15) is 19.7 Å². The fourth-order valence-corrected chi connectivity index (χ4v) is 2.18. The molecule has 8 heteroatoms. The molecule has 2 rings (SSSR count). The second-order valence-electron chi connectivity index (χ2n) is 4.88. The lowest BCUT2D eigenvalue weighted by molar-refractivity contribution is 0.311. The summed E-state index contributed by atoms with van der Waals surface area (Å²) in [6, 6.07) is 5.65. The van der Waals surface area contributed by atoms with E-state index in [1.807, 2.05) is 36.6 Å². The lowest BCUT2D eigenvalue weighted by Gasteiger charge is -2.14. The second-order valence-corrected chi connectivity index (χ2v) is 4.88. The first kappa shape index (κ1) is 17.6. The number of methoxy groups -OCH3 is 1. The Morgan fingerprint density at radius 1 is 1.29 bits per heavy atom. The normalized spacial score (nSPS) is 11.2. The number of guanidine groups is 1. The van der Waals surface area contributed by atoms with Crippen LogP contribution in [0, 0.1) is 0 Å². The van der Waals surface area contributed by atoms with Gasteiger partial charge in [-0.15, -0.1) is 10.2 Å². The van der Waals surface area contributed by atoms with Crippen molar-refractivity contribution in [1.82, 2.24) is 20.1 Å². The van der Waals surface area contributed by atoms with Crippen molar-refractivity contribution in [2.75, 3.05) is 26.1 Å². The summed E-state index contributed by atoms with van der Waals surface area (Å²) in [4.78, 5) is 4.22. The van der Waals surface area contributed by atoms with Crippen molar-refractivity contribution in [2.24, 2.45) is 4.99 Å². The molecule has 0 aliphatic rings. The average Bonchev–Trinajstić information content (AvgIpc) is 3.07. The van der Waals surface area contributed by atoms with Gasteiger partial charge >= 0.3 is 0 Å². The van der Waals surface area contributed by atoms with Crippen molar-refractivity contribution in [3.05, 3.63) is 30.4 Å². The first-order valence-corrected chi connectivity index (χ1v) is 7.87. The smallest absolute Gasteiger partial charge is 0.195 e. The zero-order chi connectivity index (χ0) is 17.4. The van der Waals surface area contributed by atoms with Gasteiger partial charge in [0, 0.05) is 25.3 Å². The zero-order valence-electron chi connectivity index (χ0n) is 14.5. The molecule has 0 saturated heterocycles. The highest BCUT2D eigenvalue weighted by atomic mass is 16.5. The van der Waals surface area contributed by atoms with E-state index in [9.17, 15) is 0 Å². The van der Waals surface area contributed by atoms with Gasteiger partial charge in [0.2, 0.25) is 0 Å². The fraction of sp³-hybridized carbons (Fsp3) is 0.438. The maximum absolute atomic E-state index is 5.52. The van der Waals surface area contributed by atoms with Crippen LogP contribution in [0.3, 0.4) is 0 Å². The molecule has 0 unspecified atom stereocenters. The Bertz CT molecular complexity index is 683. The number of anilines is 1. The van der Waals surface area contributed by atoms with Crippen molar-refractivity contribution in [1.29, 1.82) is 0 Å². The van der Waals surface area contributed by atoms with Gasteiger partial charge in [-0.2, -0.15) is 0 Å². The van der Waals surface area contributed by atoms with Crippen LogP contribution in [-0.2, 0) is 13.1 Å². The standard InChI is InChI=1S/C16H24N6O2/c1-5-22-11-19-21-15(22)10-18-16(17-3)20-12-7-8-13(24-6-2)14(9-12)23-4/h7-9,11H,5-6,10H2,1-4H3,(H2,17,18,20). The number of hydrogen-bond acceptors (Lipinski definition) is 5. The van der Waals surface area contributed by atoms with Crippen LogP contribution in [0.5, 0.6) is 11.5 Å². The van der Waals surface area contributed by atoms with E-state index in [0.29, 0.717) is 30.6 Å². The Morgan fingerprint density at radius 2 is 2.12 bits per heavy atom. The largest absolute Gasteiger partial charge is 0.493 e. The van der Waals surface area contributed by atoms with Crippen LogP contribution < -0.4 is 20.1 Å². The average molecular weight is 332 g/mol. The van der Waals surface area contributed by atoms with Crippen molar-refractivity contribution in [3.63, 3.8) is 0 Å². The SMILES string of the molecule is CCOc1ccc(NC(=NC)NCc2nncn2CC)cc1OC. The van der Waals surface area contributed by atoms with Crippen molar-refractivity contribution < 1.29 is 9.47 Å². The van der Waals surface area contributed by atoms with Gasteiger partial charge in [0.25, 0.3) is 0 Å². The molecule has 0 fully saturated rings. The molecule has 0 bridgehead atoms. The van der Waals surface area contributed by atoms with Crippen molar-refractivity contribution in [2.45, 2.75) is 26.9 Å². The number of aryl methyl sites for hydroxylation is 1. The Morgan fingerprint density at radius 3 is 2.79 bits per heavy atom. The van der Waals surface area contributed by atoms with Crippen molar-refractivity contribution >= 4 is 11.6 Å². The monoisotopic (exact) mass is 332 g/mol. The van der Waals surface area contributed by atoms with Crippen molar-refractivity contribution in [3.8, 4) is 11.5 Å². The van der Waals surface area contributed by atoms with Crippen LogP contribution in [0.4, 0.5) is 5.69 Å².